The van der Waals surface area contributed by atoms with E-state index in [1.54, 1.807) is 0 Å². The third-order valence-corrected chi connectivity index (χ3v) is 7.76. The number of amides is 1. The molecule has 1 spiro atoms. The zero-order valence-corrected chi connectivity index (χ0v) is 18.3. The van der Waals surface area contributed by atoms with Gasteiger partial charge in [-0.3, -0.25) is 9.59 Å². The summed E-state index contributed by atoms with van der Waals surface area (Å²) in [7, 11) is -3.22. The van der Waals surface area contributed by atoms with Gasteiger partial charge in [0.15, 0.2) is 0 Å². The van der Waals surface area contributed by atoms with Crippen LogP contribution in [0.3, 0.4) is 0 Å². The average Bonchev–Trinajstić information content (AvgIpc) is 3.39. The molecule has 4 rings (SSSR count). The zero-order valence-electron chi connectivity index (χ0n) is 17.5. The van der Waals surface area contributed by atoms with Crippen LogP contribution in [-0.4, -0.2) is 73.0 Å². The molecule has 30 heavy (non-hydrogen) atoms. The zero-order chi connectivity index (χ0) is 22.1. The molecule has 1 amide bonds. The van der Waals surface area contributed by atoms with E-state index in [0.717, 1.165) is 29.9 Å². The van der Waals surface area contributed by atoms with E-state index >= 15 is 0 Å². The second-order valence-corrected chi connectivity index (χ2v) is 10.3. The monoisotopic (exact) mass is 443 g/mol. The highest BCUT2D eigenvalue weighted by atomic mass is 32.2. The molecule has 3 saturated heterocycles. The topological polar surface area (TPSA) is 139 Å². The smallest absolute Gasteiger partial charge is 0.290 e. The van der Waals surface area contributed by atoms with E-state index in [2.05, 4.69) is 10.5 Å². The molecule has 0 radical (unpaired) electrons. The molecule has 0 aliphatic carbocycles. The molecule has 2 N–H and O–H groups in total. The minimum Gasteiger partial charge on any atom is -0.483 e. The van der Waals surface area contributed by atoms with Crippen LogP contribution in [0.15, 0.2) is 4.52 Å². The van der Waals surface area contributed by atoms with E-state index in [-0.39, 0.29) is 35.9 Å². The van der Waals surface area contributed by atoms with Crippen molar-refractivity contribution < 1.29 is 32.4 Å². The lowest BCUT2D eigenvalue weighted by Gasteiger charge is -2.29. The first kappa shape index (κ1) is 22.7. The number of ether oxygens (including phenoxy) is 1. The highest BCUT2D eigenvalue weighted by molar-refractivity contribution is 7.88. The van der Waals surface area contributed by atoms with Gasteiger partial charge in [0.05, 0.1) is 23.7 Å². The predicted molar refractivity (Wildman–Crippen MR) is 106 cm³/mol. The fourth-order valence-corrected chi connectivity index (χ4v) is 5.98. The summed E-state index contributed by atoms with van der Waals surface area (Å²) in [4.78, 5) is 20.7. The van der Waals surface area contributed by atoms with Gasteiger partial charge in [-0.05, 0) is 33.1 Å². The number of carboxylic acid groups (broad SMARTS) is 1. The summed E-state index contributed by atoms with van der Waals surface area (Å²) in [5, 5.41) is 13.8. The van der Waals surface area contributed by atoms with Gasteiger partial charge in [-0.2, -0.15) is 4.31 Å². The Morgan fingerprint density at radius 1 is 1.43 bits per heavy atom. The van der Waals surface area contributed by atoms with Crippen molar-refractivity contribution in [3.63, 3.8) is 0 Å². The molecule has 4 heterocycles. The number of aromatic nitrogens is 1. The van der Waals surface area contributed by atoms with E-state index in [1.165, 1.54) is 10.6 Å². The number of hydrogen-bond donors (Lipinski definition) is 2. The number of aryl methyl sites for hydroxylation is 2. The second kappa shape index (κ2) is 8.64. The standard InChI is InChI=1S/C18H27N3O5S.CH2O2/c1-11-13(12(2)26-20-11)4-5-17(22)19-8-14-15-9-21(27(3,23)24)10-18(15)7-6-16(14)25-18;2-1-3/h14-16H,4-10H2,1-3H3,(H,19,22);1H,(H,2,3)/t14-,15+,16+,18+;/m0./s1. The van der Waals surface area contributed by atoms with E-state index < -0.39 is 10.0 Å². The van der Waals surface area contributed by atoms with Crippen molar-refractivity contribution >= 4 is 22.4 Å². The fourth-order valence-electron chi connectivity index (χ4n) is 5.09. The summed E-state index contributed by atoms with van der Waals surface area (Å²) in [6.45, 7) is 4.96. The Morgan fingerprint density at radius 2 is 2.13 bits per heavy atom. The molecule has 11 heteroatoms. The highest BCUT2D eigenvalue weighted by Gasteiger charge is 2.63. The number of nitrogens with one attached hydrogen (secondary N) is 1. The Labute approximate surface area is 176 Å². The molecular weight excluding hydrogens is 414 g/mol. The lowest BCUT2D eigenvalue weighted by Crippen LogP contribution is -2.41. The second-order valence-electron chi connectivity index (χ2n) is 8.30. The van der Waals surface area contributed by atoms with Crippen molar-refractivity contribution in [2.45, 2.75) is 51.2 Å². The largest absolute Gasteiger partial charge is 0.483 e. The van der Waals surface area contributed by atoms with Gasteiger partial charge in [-0.15, -0.1) is 0 Å². The van der Waals surface area contributed by atoms with Gasteiger partial charge in [0.25, 0.3) is 6.47 Å². The molecule has 3 aliphatic rings. The van der Waals surface area contributed by atoms with Crippen molar-refractivity contribution in [1.29, 1.82) is 0 Å². The first-order valence-corrected chi connectivity index (χ1v) is 11.9. The molecule has 4 atom stereocenters. The Morgan fingerprint density at radius 3 is 2.73 bits per heavy atom. The van der Waals surface area contributed by atoms with Crippen LogP contribution >= 0.6 is 0 Å². The van der Waals surface area contributed by atoms with Gasteiger partial charge in [0.1, 0.15) is 5.76 Å². The van der Waals surface area contributed by atoms with Crippen LogP contribution in [0.2, 0.25) is 0 Å². The van der Waals surface area contributed by atoms with E-state index in [0.29, 0.717) is 32.5 Å². The maximum Gasteiger partial charge on any atom is 0.290 e. The van der Waals surface area contributed by atoms with Crippen LogP contribution in [0.25, 0.3) is 0 Å². The number of rotatable bonds is 6. The van der Waals surface area contributed by atoms with Gasteiger partial charge >= 0.3 is 0 Å². The maximum absolute atomic E-state index is 12.3. The van der Waals surface area contributed by atoms with Crippen LogP contribution in [0.4, 0.5) is 0 Å². The van der Waals surface area contributed by atoms with Gasteiger partial charge in [0, 0.05) is 43.5 Å². The molecule has 1 aromatic rings. The van der Waals surface area contributed by atoms with Crippen LogP contribution in [0.1, 0.15) is 36.3 Å². The molecule has 3 fully saturated rings. The maximum atomic E-state index is 12.3. The first-order valence-electron chi connectivity index (χ1n) is 10.0. The molecular formula is C19H29N3O7S. The number of fused-ring (bicyclic) bond motifs is 1. The molecule has 0 aromatic carbocycles. The fraction of sp³-hybridized carbons (Fsp3) is 0.737. The number of nitrogens with zero attached hydrogens (tertiary/aromatic N) is 2. The normalized spacial score (nSPS) is 29.9. The molecule has 0 unspecified atom stereocenters. The van der Waals surface area contributed by atoms with E-state index in [9.17, 15) is 13.2 Å². The summed E-state index contributed by atoms with van der Waals surface area (Å²) in [6.07, 6.45) is 4.21. The van der Waals surface area contributed by atoms with Crippen LogP contribution < -0.4 is 5.32 Å². The van der Waals surface area contributed by atoms with Crippen molar-refractivity contribution in [2.24, 2.45) is 11.8 Å². The van der Waals surface area contributed by atoms with E-state index in [1.807, 2.05) is 13.8 Å². The van der Waals surface area contributed by atoms with Crippen LogP contribution in [0.5, 0.6) is 0 Å². The number of carbonyl (C=O) groups is 2. The minimum atomic E-state index is -3.22. The Bertz CT molecular complexity index is 880. The molecule has 3 aliphatic heterocycles. The number of sulfonamides is 1. The van der Waals surface area contributed by atoms with Crippen molar-refractivity contribution in [2.75, 3.05) is 25.9 Å². The number of carbonyl (C=O) groups excluding carboxylic acids is 1. The Kier molecular flexibility index (Phi) is 6.54. The third kappa shape index (κ3) is 4.37. The predicted octanol–water partition coefficient (Wildman–Crippen LogP) is 0.480. The molecule has 2 bridgehead atoms. The lowest BCUT2D eigenvalue weighted by atomic mass is 9.73. The first-order chi connectivity index (χ1) is 14.1. The van der Waals surface area contributed by atoms with Crippen molar-refractivity contribution in [3.8, 4) is 0 Å². The summed E-state index contributed by atoms with van der Waals surface area (Å²) in [5.41, 5.74) is 1.47. The highest BCUT2D eigenvalue weighted by Crippen LogP contribution is 2.54. The van der Waals surface area contributed by atoms with Gasteiger partial charge in [-0.1, -0.05) is 5.16 Å². The van der Waals surface area contributed by atoms with Crippen molar-refractivity contribution in [3.05, 3.63) is 17.0 Å². The lowest BCUT2D eigenvalue weighted by molar-refractivity contribution is -0.123. The summed E-state index contributed by atoms with van der Waals surface area (Å²) >= 11 is 0. The molecule has 168 valence electrons. The van der Waals surface area contributed by atoms with Gasteiger partial charge in [-0.25, -0.2) is 8.42 Å². The van der Waals surface area contributed by atoms with Gasteiger partial charge in [0.2, 0.25) is 15.9 Å². The van der Waals surface area contributed by atoms with Crippen molar-refractivity contribution in [1.82, 2.24) is 14.8 Å². The van der Waals surface area contributed by atoms with Crippen LogP contribution in [0, 0.1) is 25.7 Å². The molecule has 0 saturated carbocycles. The van der Waals surface area contributed by atoms with Gasteiger partial charge < -0.3 is 19.7 Å². The van der Waals surface area contributed by atoms with Crippen LogP contribution in [-0.2, 0) is 30.8 Å². The third-order valence-electron chi connectivity index (χ3n) is 6.54. The Balaban J connectivity index is 0.000000806. The molecule has 10 nitrogen and oxygen atoms in total. The SMILES string of the molecule is Cc1noc(C)c1CCC(=O)NC[C@H]1[C@H]2CN(S(C)(=O)=O)C[C@]23CC[C@H]1O3.O=CO. The Hall–Kier alpha value is -1.98. The summed E-state index contributed by atoms with van der Waals surface area (Å²) in [6, 6.07) is 0. The molecule has 1 aromatic heterocycles. The quantitative estimate of drug-likeness (QED) is 0.605. The average molecular weight is 444 g/mol. The number of hydrogen-bond acceptors (Lipinski definition) is 7. The van der Waals surface area contributed by atoms with E-state index in [4.69, 9.17) is 19.2 Å². The summed E-state index contributed by atoms with van der Waals surface area (Å²) < 4.78 is 36.8. The summed E-state index contributed by atoms with van der Waals surface area (Å²) in [5.74, 6) is 1.09. The minimum absolute atomic E-state index is 0.00945.